The number of rotatable bonds is 4. The number of carbonyl (C=O) groups excluding carboxylic acids is 1. The minimum Gasteiger partial charge on any atom is -0.353 e. The molecule has 2 N–H and O–H groups in total. The number of nitrogens with one attached hydrogen (secondary N) is 2. The molecule has 1 amide bonds. The van der Waals surface area contributed by atoms with Crippen molar-refractivity contribution in [2.24, 2.45) is 12.0 Å². The van der Waals surface area contributed by atoms with Crippen molar-refractivity contribution < 1.29 is 4.79 Å². The van der Waals surface area contributed by atoms with Gasteiger partial charge in [-0.25, -0.2) is 0 Å². The Labute approximate surface area is 127 Å². The lowest BCUT2D eigenvalue weighted by Crippen LogP contribution is -2.48. The standard InChI is InChI=1S/C15H27N5O/c1-15(2,3)18-13(21)11-20(6)14(16-4)17-10-12-8-7-9-19(12)5/h7-9H,10-11H2,1-6H3,(H,16,17)(H,18,21). The average Bonchev–Trinajstić information content (AvgIpc) is 2.73. The zero-order valence-corrected chi connectivity index (χ0v) is 13.9. The van der Waals surface area contributed by atoms with E-state index in [2.05, 4.69) is 15.6 Å². The summed E-state index contributed by atoms with van der Waals surface area (Å²) in [5.74, 6) is 0.673. The molecule has 0 radical (unpaired) electrons. The van der Waals surface area contributed by atoms with E-state index >= 15 is 0 Å². The third-order valence-electron chi connectivity index (χ3n) is 2.95. The molecule has 0 aromatic carbocycles. The zero-order chi connectivity index (χ0) is 16.0. The van der Waals surface area contributed by atoms with Crippen LogP contribution in [-0.4, -0.2) is 47.5 Å². The van der Waals surface area contributed by atoms with Crippen LogP contribution in [0.5, 0.6) is 0 Å². The molecule has 1 aromatic rings. The largest absolute Gasteiger partial charge is 0.353 e. The molecule has 118 valence electrons. The Morgan fingerprint density at radius 1 is 1.43 bits per heavy atom. The number of hydrogen-bond acceptors (Lipinski definition) is 2. The molecule has 0 fully saturated rings. The van der Waals surface area contributed by atoms with Gasteiger partial charge in [-0.05, 0) is 32.9 Å². The molecular weight excluding hydrogens is 266 g/mol. The van der Waals surface area contributed by atoms with E-state index in [1.54, 1.807) is 7.05 Å². The van der Waals surface area contributed by atoms with Crippen LogP contribution in [0.1, 0.15) is 26.5 Å². The van der Waals surface area contributed by atoms with Crippen LogP contribution >= 0.6 is 0 Å². The minimum absolute atomic E-state index is 0.0215. The molecule has 6 heteroatoms. The Kier molecular flexibility index (Phi) is 5.81. The Morgan fingerprint density at radius 3 is 2.57 bits per heavy atom. The van der Waals surface area contributed by atoms with Gasteiger partial charge in [0, 0.05) is 38.6 Å². The Morgan fingerprint density at radius 2 is 2.10 bits per heavy atom. The monoisotopic (exact) mass is 293 g/mol. The molecule has 0 aliphatic carbocycles. The number of hydrogen-bond donors (Lipinski definition) is 2. The fraction of sp³-hybridized carbons (Fsp3) is 0.600. The van der Waals surface area contributed by atoms with E-state index in [0.717, 1.165) is 5.69 Å². The smallest absolute Gasteiger partial charge is 0.240 e. The van der Waals surface area contributed by atoms with Gasteiger partial charge >= 0.3 is 0 Å². The van der Waals surface area contributed by atoms with Gasteiger partial charge in [-0.1, -0.05) is 0 Å². The van der Waals surface area contributed by atoms with Gasteiger partial charge in [0.25, 0.3) is 0 Å². The van der Waals surface area contributed by atoms with Crippen molar-refractivity contribution in [2.75, 3.05) is 20.6 Å². The summed E-state index contributed by atoms with van der Waals surface area (Å²) in [6.07, 6.45) is 2.00. The molecule has 0 aliphatic rings. The van der Waals surface area contributed by atoms with E-state index < -0.39 is 0 Å². The topological polar surface area (TPSA) is 61.7 Å². The number of carbonyl (C=O) groups is 1. The molecule has 0 spiro atoms. The van der Waals surface area contributed by atoms with Crippen LogP contribution < -0.4 is 10.6 Å². The van der Waals surface area contributed by atoms with Gasteiger partial charge < -0.3 is 20.1 Å². The van der Waals surface area contributed by atoms with Gasteiger partial charge in [0.2, 0.25) is 5.91 Å². The van der Waals surface area contributed by atoms with E-state index in [-0.39, 0.29) is 18.0 Å². The third kappa shape index (κ3) is 5.89. The minimum atomic E-state index is -0.224. The van der Waals surface area contributed by atoms with Gasteiger partial charge in [-0.3, -0.25) is 9.79 Å². The van der Waals surface area contributed by atoms with Crippen molar-refractivity contribution in [3.05, 3.63) is 24.0 Å². The normalized spacial score (nSPS) is 12.2. The van der Waals surface area contributed by atoms with Crippen LogP contribution in [0.2, 0.25) is 0 Å². The van der Waals surface area contributed by atoms with Crippen molar-refractivity contribution >= 4 is 11.9 Å². The fourth-order valence-electron chi connectivity index (χ4n) is 1.98. The van der Waals surface area contributed by atoms with Crippen LogP contribution in [0.15, 0.2) is 23.3 Å². The summed E-state index contributed by atoms with van der Waals surface area (Å²) in [6, 6.07) is 4.05. The van der Waals surface area contributed by atoms with Gasteiger partial charge in [-0.15, -0.1) is 0 Å². The molecule has 0 bridgehead atoms. The Hall–Kier alpha value is -1.98. The molecule has 0 aliphatic heterocycles. The highest BCUT2D eigenvalue weighted by atomic mass is 16.2. The van der Waals surface area contributed by atoms with Gasteiger partial charge in [-0.2, -0.15) is 0 Å². The van der Waals surface area contributed by atoms with E-state index in [0.29, 0.717) is 12.5 Å². The number of aromatic nitrogens is 1. The molecule has 0 atom stereocenters. The molecule has 1 heterocycles. The summed E-state index contributed by atoms with van der Waals surface area (Å²) in [5.41, 5.74) is 0.932. The van der Waals surface area contributed by atoms with Crippen molar-refractivity contribution in [3.63, 3.8) is 0 Å². The lowest BCUT2D eigenvalue weighted by atomic mass is 10.1. The number of aliphatic imine (C=N–C) groups is 1. The SMILES string of the molecule is CN=C(NCc1cccn1C)N(C)CC(=O)NC(C)(C)C. The van der Waals surface area contributed by atoms with E-state index in [4.69, 9.17) is 0 Å². The molecule has 21 heavy (non-hydrogen) atoms. The second kappa shape index (κ2) is 7.15. The average molecular weight is 293 g/mol. The van der Waals surface area contributed by atoms with Crippen molar-refractivity contribution in [3.8, 4) is 0 Å². The third-order valence-corrected chi connectivity index (χ3v) is 2.95. The second-order valence-electron chi connectivity index (χ2n) is 6.17. The number of amides is 1. The molecule has 1 rings (SSSR count). The van der Waals surface area contributed by atoms with Crippen LogP contribution in [-0.2, 0) is 18.4 Å². The summed E-state index contributed by atoms with van der Waals surface area (Å²) in [4.78, 5) is 18.0. The number of aryl methyl sites for hydroxylation is 1. The molecule has 1 aromatic heterocycles. The first-order valence-electron chi connectivity index (χ1n) is 7.06. The fourth-order valence-corrected chi connectivity index (χ4v) is 1.98. The van der Waals surface area contributed by atoms with Crippen molar-refractivity contribution in [1.29, 1.82) is 0 Å². The summed E-state index contributed by atoms with van der Waals surface area (Å²) in [7, 11) is 5.56. The van der Waals surface area contributed by atoms with E-state index in [1.807, 2.05) is 62.7 Å². The molecule has 0 saturated heterocycles. The first-order valence-corrected chi connectivity index (χ1v) is 7.06. The van der Waals surface area contributed by atoms with Crippen LogP contribution in [0, 0.1) is 0 Å². The van der Waals surface area contributed by atoms with Crippen LogP contribution in [0.25, 0.3) is 0 Å². The Bertz CT molecular complexity index is 498. The first kappa shape index (κ1) is 17.1. The number of guanidine groups is 1. The summed E-state index contributed by atoms with van der Waals surface area (Å²) in [6.45, 7) is 6.83. The molecular formula is C15H27N5O. The highest BCUT2D eigenvalue weighted by Crippen LogP contribution is 2.00. The highest BCUT2D eigenvalue weighted by molar-refractivity contribution is 5.86. The Balaban J connectivity index is 2.52. The van der Waals surface area contributed by atoms with Crippen LogP contribution in [0.3, 0.4) is 0 Å². The maximum absolute atomic E-state index is 11.9. The second-order valence-corrected chi connectivity index (χ2v) is 6.17. The maximum atomic E-state index is 11.9. The molecule has 0 saturated carbocycles. The van der Waals surface area contributed by atoms with Gasteiger partial charge in [0.1, 0.15) is 0 Å². The first-order chi connectivity index (χ1) is 9.73. The summed E-state index contributed by atoms with van der Waals surface area (Å²) >= 11 is 0. The highest BCUT2D eigenvalue weighted by Gasteiger charge is 2.16. The predicted molar refractivity (Wildman–Crippen MR) is 86.1 cm³/mol. The quantitative estimate of drug-likeness (QED) is 0.642. The van der Waals surface area contributed by atoms with Gasteiger partial charge in [0.05, 0.1) is 13.1 Å². The summed E-state index contributed by atoms with van der Waals surface area (Å²) < 4.78 is 2.05. The lowest BCUT2D eigenvalue weighted by Gasteiger charge is -2.25. The number of likely N-dealkylation sites (N-methyl/N-ethyl adjacent to an activating group) is 1. The zero-order valence-electron chi connectivity index (χ0n) is 13.9. The summed E-state index contributed by atoms with van der Waals surface area (Å²) in [5, 5.41) is 6.20. The van der Waals surface area contributed by atoms with Crippen LogP contribution in [0.4, 0.5) is 0 Å². The van der Waals surface area contributed by atoms with Gasteiger partial charge in [0.15, 0.2) is 5.96 Å². The van der Waals surface area contributed by atoms with E-state index in [9.17, 15) is 4.79 Å². The number of nitrogens with zero attached hydrogens (tertiary/aromatic N) is 3. The van der Waals surface area contributed by atoms with Crippen molar-refractivity contribution in [2.45, 2.75) is 32.9 Å². The predicted octanol–water partition coefficient (Wildman–Crippen LogP) is 0.947. The molecule has 6 nitrogen and oxygen atoms in total. The van der Waals surface area contributed by atoms with E-state index in [1.165, 1.54) is 0 Å². The maximum Gasteiger partial charge on any atom is 0.240 e. The van der Waals surface area contributed by atoms with Crippen molar-refractivity contribution in [1.82, 2.24) is 20.1 Å². The lowest BCUT2D eigenvalue weighted by molar-refractivity contribution is -0.122. The molecule has 0 unspecified atom stereocenters.